The molecule has 2 nitrogen and oxygen atoms in total. The van der Waals surface area contributed by atoms with Crippen molar-refractivity contribution in [2.24, 2.45) is 0 Å². The predicted molar refractivity (Wildman–Crippen MR) is 70.9 cm³/mol. The van der Waals surface area contributed by atoms with E-state index >= 15 is 0 Å². The highest BCUT2D eigenvalue weighted by atomic mass is 35.5. The van der Waals surface area contributed by atoms with Crippen LogP contribution in [0.3, 0.4) is 0 Å². The summed E-state index contributed by atoms with van der Waals surface area (Å²) < 4.78 is 5.91. The molecule has 18 heavy (non-hydrogen) atoms. The van der Waals surface area contributed by atoms with Crippen molar-refractivity contribution in [3.8, 4) is 5.75 Å². The molecule has 0 radical (unpaired) electrons. The maximum Gasteiger partial charge on any atom is 0.128 e. The van der Waals surface area contributed by atoms with Gasteiger partial charge in [0.25, 0.3) is 0 Å². The number of halogens is 1. The molecule has 1 aliphatic heterocycles. The van der Waals surface area contributed by atoms with Gasteiger partial charge in [-0.3, -0.25) is 0 Å². The fourth-order valence-corrected chi connectivity index (χ4v) is 2.39. The molecule has 1 N–H and O–H groups in total. The molecule has 3 rings (SSSR count). The average Bonchev–Trinajstić information content (AvgIpc) is 2.82. The van der Waals surface area contributed by atoms with Crippen molar-refractivity contribution < 1.29 is 9.84 Å². The monoisotopic (exact) mass is 260 g/mol. The second kappa shape index (κ2) is 4.63. The average molecular weight is 261 g/mol. The number of benzene rings is 2. The van der Waals surface area contributed by atoms with E-state index in [9.17, 15) is 0 Å². The summed E-state index contributed by atoms with van der Waals surface area (Å²) in [5.74, 6) is 0.909. The third-order valence-corrected chi connectivity index (χ3v) is 3.48. The Kier molecular flexibility index (Phi) is 2.98. The van der Waals surface area contributed by atoms with E-state index in [4.69, 9.17) is 21.4 Å². The maximum atomic E-state index is 9.13. The molecule has 0 amide bonds. The molecule has 1 atom stereocenters. The second-order valence-corrected chi connectivity index (χ2v) is 4.90. The molecule has 1 aliphatic rings. The summed E-state index contributed by atoms with van der Waals surface area (Å²) in [6, 6.07) is 13.6. The highest BCUT2D eigenvalue weighted by molar-refractivity contribution is 6.30. The lowest BCUT2D eigenvalue weighted by Crippen LogP contribution is -2.02. The van der Waals surface area contributed by atoms with E-state index in [1.54, 1.807) is 0 Å². The minimum Gasteiger partial charge on any atom is -0.485 e. The van der Waals surface area contributed by atoms with E-state index in [1.807, 2.05) is 42.5 Å². The molecule has 0 unspecified atom stereocenters. The van der Waals surface area contributed by atoms with Crippen molar-refractivity contribution in [3.63, 3.8) is 0 Å². The van der Waals surface area contributed by atoms with E-state index in [0.717, 1.165) is 33.9 Å². The summed E-state index contributed by atoms with van der Waals surface area (Å²) in [5.41, 5.74) is 3.21. The van der Waals surface area contributed by atoms with Crippen molar-refractivity contribution in [3.05, 3.63) is 64.2 Å². The lowest BCUT2D eigenvalue weighted by Gasteiger charge is -2.10. The van der Waals surface area contributed by atoms with Crippen LogP contribution in [0.15, 0.2) is 42.5 Å². The summed E-state index contributed by atoms with van der Waals surface area (Å²) in [6.07, 6.45) is 0.886. The highest BCUT2D eigenvalue weighted by Gasteiger charge is 2.24. The number of aliphatic hydroxyl groups is 1. The van der Waals surface area contributed by atoms with E-state index in [-0.39, 0.29) is 12.7 Å². The summed E-state index contributed by atoms with van der Waals surface area (Å²) in [7, 11) is 0. The Morgan fingerprint density at radius 2 is 1.94 bits per heavy atom. The fourth-order valence-electron chi connectivity index (χ4n) is 2.26. The standard InChI is InChI=1S/C15H13ClO2/c16-13-4-2-11(3-5-13)15-8-12-7-10(9-17)1-6-14(12)18-15/h1-7,15,17H,8-9H2/t15-/m1/s1. The zero-order chi connectivity index (χ0) is 12.5. The second-order valence-electron chi connectivity index (χ2n) is 4.46. The quantitative estimate of drug-likeness (QED) is 0.895. The zero-order valence-electron chi connectivity index (χ0n) is 9.77. The normalized spacial score (nSPS) is 17.3. The highest BCUT2D eigenvalue weighted by Crippen LogP contribution is 2.37. The molecule has 0 saturated carbocycles. The van der Waals surface area contributed by atoms with Crippen LogP contribution < -0.4 is 4.74 Å². The van der Waals surface area contributed by atoms with E-state index in [2.05, 4.69) is 0 Å². The third-order valence-electron chi connectivity index (χ3n) is 3.22. The number of hydrogen-bond acceptors (Lipinski definition) is 2. The van der Waals surface area contributed by atoms with Gasteiger partial charge in [-0.1, -0.05) is 29.8 Å². The van der Waals surface area contributed by atoms with Crippen LogP contribution in [-0.4, -0.2) is 5.11 Å². The Balaban J connectivity index is 1.86. The first-order valence-electron chi connectivity index (χ1n) is 5.91. The SMILES string of the molecule is OCc1ccc2c(c1)C[C@H](c1ccc(Cl)cc1)O2. The first-order valence-corrected chi connectivity index (χ1v) is 6.29. The van der Waals surface area contributed by atoms with Crippen molar-refractivity contribution in [1.82, 2.24) is 0 Å². The van der Waals surface area contributed by atoms with Crippen LogP contribution in [0.2, 0.25) is 5.02 Å². The van der Waals surface area contributed by atoms with Gasteiger partial charge in [-0.25, -0.2) is 0 Å². The Bertz CT molecular complexity index is 563. The first-order chi connectivity index (χ1) is 8.76. The van der Waals surface area contributed by atoms with Gasteiger partial charge in [0.1, 0.15) is 11.9 Å². The van der Waals surface area contributed by atoms with Gasteiger partial charge in [0.05, 0.1) is 6.61 Å². The van der Waals surface area contributed by atoms with Crippen LogP contribution in [0.4, 0.5) is 0 Å². The minimum absolute atomic E-state index is 0.0474. The van der Waals surface area contributed by atoms with Crippen molar-refractivity contribution in [2.75, 3.05) is 0 Å². The number of ether oxygens (including phenoxy) is 1. The maximum absolute atomic E-state index is 9.13. The van der Waals surface area contributed by atoms with E-state index < -0.39 is 0 Å². The molecule has 0 fully saturated rings. The van der Waals surface area contributed by atoms with Crippen LogP contribution >= 0.6 is 11.6 Å². The molecule has 2 aromatic rings. The van der Waals surface area contributed by atoms with Gasteiger partial charge in [-0.05, 0) is 41.0 Å². The summed E-state index contributed by atoms with van der Waals surface area (Å²) >= 11 is 5.88. The van der Waals surface area contributed by atoms with Crippen LogP contribution in [0.1, 0.15) is 22.8 Å². The van der Waals surface area contributed by atoms with Crippen molar-refractivity contribution >= 4 is 11.6 Å². The molecule has 0 aliphatic carbocycles. The molecule has 92 valence electrons. The smallest absolute Gasteiger partial charge is 0.128 e. The predicted octanol–water partition coefficient (Wildman–Crippen LogP) is 3.51. The minimum atomic E-state index is 0.0474. The third kappa shape index (κ3) is 2.09. The van der Waals surface area contributed by atoms with Crippen molar-refractivity contribution in [2.45, 2.75) is 19.1 Å². The molecule has 0 spiro atoms. The number of aliphatic hydroxyl groups excluding tert-OH is 1. The number of rotatable bonds is 2. The lowest BCUT2D eigenvalue weighted by molar-refractivity contribution is 0.238. The molecular weight excluding hydrogens is 248 g/mol. The molecule has 0 aromatic heterocycles. The molecular formula is C15H13ClO2. The van der Waals surface area contributed by atoms with Gasteiger partial charge < -0.3 is 9.84 Å². The number of hydrogen-bond donors (Lipinski definition) is 1. The summed E-state index contributed by atoms with van der Waals surface area (Å²) in [5, 5.41) is 9.86. The molecule has 1 heterocycles. The van der Waals surface area contributed by atoms with Gasteiger partial charge in [0, 0.05) is 11.4 Å². The lowest BCUT2D eigenvalue weighted by atomic mass is 10.0. The van der Waals surface area contributed by atoms with Crippen molar-refractivity contribution in [1.29, 1.82) is 0 Å². The van der Waals surface area contributed by atoms with Gasteiger partial charge in [0.2, 0.25) is 0 Å². The topological polar surface area (TPSA) is 29.5 Å². The van der Waals surface area contributed by atoms with Crippen LogP contribution in [0.25, 0.3) is 0 Å². The zero-order valence-corrected chi connectivity index (χ0v) is 10.5. The number of fused-ring (bicyclic) bond motifs is 1. The van der Waals surface area contributed by atoms with Crippen LogP contribution in [0.5, 0.6) is 5.75 Å². The Morgan fingerprint density at radius 3 is 2.67 bits per heavy atom. The molecule has 0 saturated heterocycles. The molecule has 2 aromatic carbocycles. The van der Waals surface area contributed by atoms with Gasteiger partial charge in [0.15, 0.2) is 0 Å². The van der Waals surface area contributed by atoms with Gasteiger partial charge in [-0.2, -0.15) is 0 Å². The Hall–Kier alpha value is -1.51. The van der Waals surface area contributed by atoms with Crippen LogP contribution in [0, 0.1) is 0 Å². The van der Waals surface area contributed by atoms with Gasteiger partial charge >= 0.3 is 0 Å². The first kappa shape index (κ1) is 11.6. The summed E-state index contributed by atoms with van der Waals surface area (Å²) in [6.45, 7) is 0.0683. The Labute approximate surface area is 111 Å². The van der Waals surface area contributed by atoms with Gasteiger partial charge in [-0.15, -0.1) is 0 Å². The molecule has 3 heteroatoms. The Morgan fingerprint density at radius 1 is 1.17 bits per heavy atom. The van der Waals surface area contributed by atoms with E-state index in [1.165, 1.54) is 0 Å². The fraction of sp³-hybridized carbons (Fsp3) is 0.200. The summed E-state index contributed by atoms with van der Waals surface area (Å²) in [4.78, 5) is 0. The largest absolute Gasteiger partial charge is 0.485 e. The van der Waals surface area contributed by atoms with E-state index in [0.29, 0.717) is 0 Å². The van der Waals surface area contributed by atoms with Crippen LogP contribution in [-0.2, 0) is 13.0 Å². The molecule has 0 bridgehead atoms.